The van der Waals surface area contributed by atoms with Crippen molar-refractivity contribution < 1.29 is 53.4 Å². The van der Waals surface area contributed by atoms with Crippen LogP contribution in [-0.2, 0) is 44.1 Å². The number of nitrogens with zero attached hydrogens (tertiary/aromatic N) is 4. The Hall–Kier alpha value is -5.34. The summed E-state index contributed by atoms with van der Waals surface area (Å²) < 4.78 is 135. The van der Waals surface area contributed by atoms with Gasteiger partial charge in [-0.1, -0.05) is 36.4 Å². The van der Waals surface area contributed by atoms with Gasteiger partial charge in [-0.05, 0) is 108 Å². The molecule has 24 heteroatoms. The number of anilines is 2. The third-order valence-electron chi connectivity index (χ3n) is 12.3. The van der Waals surface area contributed by atoms with Crippen molar-refractivity contribution in [2.24, 2.45) is 0 Å². The first-order chi connectivity index (χ1) is 32.8. The standard InChI is InChI=1S/2C23H24F3N3O4S2/c2*1-22(31,23(24,25)26)17-4-6-18(7-5-17)29-11-10-28(35(32,33)21-3-2-12-34-21)15-19(29)13-16-8-9-27-20(30)14-16/h2*2-9,12,14,19,31H,10-11,13,15H2,1H3,(H,27,30)/t2*19-,22?/m10/s1. The highest BCUT2D eigenvalue weighted by atomic mass is 32.3. The van der Waals surface area contributed by atoms with Gasteiger partial charge in [-0.15, -0.1) is 22.7 Å². The Balaban J connectivity index is 0.000000206. The van der Waals surface area contributed by atoms with Crippen molar-refractivity contribution in [3.63, 3.8) is 0 Å². The number of hydrogen-bond donors (Lipinski definition) is 4. The van der Waals surface area contributed by atoms with E-state index < -0.39 is 43.6 Å². The molecule has 4 aromatic heterocycles. The van der Waals surface area contributed by atoms with Crippen molar-refractivity contribution in [1.82, 2.24) is 18.6 Å². The fraction of sp³-hybridized carbons (Fsp3) is 0.348. The lowest BCUT2D eigenvalue weighted by Crippen LogP contribution is -2.55. The maximum Gasteiger partial charge on any atom is 0.421 e. The minimum Gasteiger partial charge on any atom is -0.376 e. The molecule has 6 heterocycles. The summed E-state index contributed by atoms with van der Waals surface area (Å²) in [6, 6.07) is 22.9. The first-order valence-corrected chi connectivity index (χ1v) is 26.2. The number of aliphatic hydroxyl groups is 2. The highest BCUT2D eigenvalue weighted by Gasteiger charge is 2.52. The van der Waals surface area contributed by atoms with E-state index in [1.54, 1.807) is 47.2 Å². The Morgan fingerprint density at radius 1 is 0.571 bits per heavy atom. The predicted molar refractivity (Wildman–Crippen MR) is 254 cm³/mol. The van der Waals surface area contributed by atoms with Crippen molar-refractivity contribution in [3.05, 3.63) is 163 Å². The Labute approximate surface area is 407 Å². The number of rotatable bonds is 12. The van der Waals surface area contributed by atoms with E-state index in [9.17, 15) is 63.0 Å². The van der Waals surface area contributed by atoms with Crippen LogP contribution in [0.25, 0.3) is 0 Å². The van der Waals surface area contributed by atoms with Gasteiger partial charge >= 0.3 is 12.4 Å². The molecule has 0 amide bonds. The van der Waals surface area contributed by atoms with Crippen LogP contribution in [0.4, 0.5) is 37.7 Å². The average Bonchev–Trinajstić information content (AvgIpc) is 4.06. The van der Waals surface area contributed by atoms with E-state index >= 15 is 0 Å². The average molecular weight is 1060 g/mol. The normalized spacial score (nSPS) is 19.5. The number of benzene rings is 2. The maximum absolute atomic E-state index is 13.2. The third-order valence-corrected chi connectivity index (χ3v) is 18.8. The summed E-state index contributed by atoms with van der Waals surface area (Å²) in [6.07, 6.45) is -5.94. The number of halogens is 6. The van der Waals surface area contributed by atoms with Gasteiger partial charge in [0.05, 0.1) is 0 Å². The van der Waals surface area contributed by atoms with Gasteiger partial charge in [0.1, 0.15) is 8.42 Å². The number of nitrogens with one attached hydrogen (secondary N) is 2. The van der Waals surface area contributed by atoms with Crippen molar-refractivity contribution in [2.75, 3.05) is 49.1 Å². The number of alkyl halides is 6. The number of pyridine rings is 2. The summed E-state index contributed by atoms with van der Waals surface area (Å²) in [4.78, 5) is 32.5. The van der Waals surface area contributed by atoms with Gasteiger partial charge in [-0.3, -0.25) is 9.59 Å². The van der Waals surface area contributed by atoms with Crippen molar-refractivity contribution >= 4 is 54.1 Å². The number of thiophene rings is 2. The molecule has 8 rings (SSSR count). The van der Waals surface area contributed by atoms with Crippen molar-refractivity contribution in [2.45, 2.75) is 70.7 Å². The smallest absolute Gasteiger partial charge is 0.376 e. The van der Waals surface area contributed by atoms with E-state index in [1.807, 2.05) is 9.80 Å². The molecule has 0 bridgehead atoms. The number of aromatic nitrogens is 2. The molecule has 4 N–H and O–H groups in total. The molecule has 2 aliphatic heterocycles. The Bertz CT molecular complexity index is 2850. The SMILES string of the molecule is CC(O)(c1ccc(N2CCN(S(=O)(=O)c3cccs3)C[C@@H]2Cc2cc[nH]c(=O)c2)cc1)C(F)(F)F.CC(O)(c1ccc(N2CCN(S(=O)(=O)c3cccs3)C[C@H]2Cc2cc[nH]c(=O)c2)cc1)C(F)(F)F. The number of H-pyrrole nitrogens is 2. The van der Waals surface area contributed by atoms with Crippen LogP contribution in [0.3, 0.4) is 0 Å². The first kappa shape index (κ1) is 52.5. The Kier molecular flexibility index (Phi) is 15.3. The highest BCUT2D eigenvalue weighted by molar-refractivity contribution is 7.91. The molecule has 6 aromatic rings. The molecule has 2 saturated heterocycles. The molecule has 2 fully saturated rings. The van der Waals surface area contributed by atoms with Crippen LogP contribution in [0, 0.1) is 0 Å². The van der Waals surface area contributed by atoms with E-state index in [0.29, 0.717) is 62.3 Å². The molecule has 376 valence electrons. The fourth-order valence-corrected chi connectivity index (χ4v) is 13.5. The van der Waals surface area contributed by atoms with E-state index in [1.165, 1.54) is 81.7 Å². The Morgan fingerprint density at radius 2 is 0.929 bits per heavy atom. The van der Waals surface area contributed by atoms with Crippen LogP contribution in [0.1, 0.15) is 36.1 Å². The topological polar surface area (TPSA) is 187 Å². The van der Waals surface area contributed by atoms with Gasteiger partial charge in [-0.2, -0.15) is 35.0 Å². The number of piperazine rings is 2. The quantitative estimate of drug-likeness (QED) is 0.0967. The minimum atomic E-state index is -4.83. The summed E-state index contributed by atoms with van der Waals surface area (Å²) in [7, 11) is -7.40. The minimum absolute atomic E-state index is 0.134. The molecule has 0 spiro atoms. The van der Waals surface area contributed by atoms with Gasteiger partial charge in [0.2, 0.25) is 11.1 Å². The van der Waals surface area contributed by atoms with Crippen LogP contribution in [0.15, 0.2) is 138 Å². The molecule has 14 nitrogen and oxygen atoms in total. The summed E-state index contributed by atoms with van der Waals surface area (Å²) in [5.41, 5.74) is -4.56. The fourth-order valence-electron chi connectivity index (χ4n) is 8.25. The zero-order valence-corrected chi connectivity index (χ0v) is 40.7. The summed E-state index contributed by atoms with van der Waals surface area (Å²) in [5, 5.41) is 23.3. The van der Waals surface area contributed by atoms with Gasteiger partial charge in [-0.25, -0.2) is 16.8 Å². The number of aromatic amines is 2. The largest absolute Gasteiger partial charge is 0.421 e. The summed E-state index contributed by atoms with van der Waals surface area (Å²) in [5.74, 6) is 0. The van der Waals surface area contributed by atoms with Gasteiger partial charge in [0.25, 0.3) is 20.0 Å². The van der Waals surface area contributed by atoms with E-state index in [0.717, 1.165) is 22.7 Å². The molecular formula is C46H48F6N6O8S4. The van der Waals surface area contributed by atoms with E-state index in [4.69, 9.17) is 0 Å². The zero-order valence-electron chi connectivity index (χ0n) is 37.4. The highest BCUT2D eigenvalue weighted by Crippen LogP contribution is 2.41. The van der Waals surface area contributed by atoms with Crippen LogP contribution < -0.4 is 20.9 Å². The Morgan fingerprint density at radius 3 is 1.23 bits per heavy atom. The zero-order chi connectivity index (χ0) is 50.9. The van der Waals surface area contributed by atoms with E-state index in [-0.39, 0.29) is 68.9 Å². The predicted octanol–water partition coefficient (Wildman–Crippen LogP) is 6.66. The second kappa shape index (κ2) is 20.4. The molecule has 0 radical (unpaired) electrons. The van der Waals surface area contributed by atoms with Gasteiger partial charge in [0.15, 0.2) is 11.2 Å². The molecule has 0 saturated carbocycles. The molecule has 70 heavy (non-hydrogen) atoms. The number of sulfonamides is 2. The second-order valence-corrected chi connectivity index (χ2v) is 23.3. The molecule has 2 unspecified atom stereocenters. The van der Waals surface area contributed by atoms with Gasteiger partial charge < -0.3 is 30.0 Å². The van der Waals surface area contributed by atoms with Crippen LogP contribution in [-0.4, -0.2) is 109 Å². The lowest BCUT2D eigenvalue weighted by atomic mass is 9.94. The van der Waals surface area contributed by atoms with Crippen molar-refractivity contribution in [3.8, 4) is 0 Å². The monoisotopic (exact) mass is 1050 g/mol. The molecular weight excluding hydrogens is 1010 g/mol. The first-order valence-electron chi connectivity index (χ1n) is 21.5. The summed E-state index contributed by atoms with van der Waals surface area (Å²) >= 11 is 2.26. The molecule has 0 aliphatic carbocycles. The lowest BCUT2D eigenvalue weighted by molar-refractivity contribution is -0.259. The van der Waals surface area contributed by atoms with Crippen LogP contribution >= 0.6 is 22.7 Å². The van der Waals surface area contributed by atoms with Gasteiger partial charge in [0, 0.05) is 87.3 Å². The van der Waals surface area contributed by atoms with Crippen molar-refractivity contribution in [1.29, 1.82) is 0 Å². The summed E-state index contributed by atoms with van der Waals surface area (Å²) in [6.45, 7) is 2.64. The third kappa shape index (κ3) is 11.4. The molecule has 4 atom stereocenters. The number of hydrogen-bond acceptors (Lipinski definition) is 12. The lowest BCUT2D eigenvalue weighted by Gasteiger charge is -2.42. The molecule has 2 aliphatic rings. The molecule has 2 aromatic carbocycles. The maximum atomic E-state index is 13.2. The van der Waals surface area contributed by atoms with E-state index in [2.05, 4.69) is 9.97 Å². The van der Waals surface area contributed by atoms with Crippen LogP contribution in [0.2, 0.25) is 0 Å². The van der Waals surface area contributed by atoms with Crippen LogP contribution in [0.5, 0.6) is 0 Å². The second-order valence-electron chi connectivity index (χ2n) is 17.0.